The van der Waals surface area contributed by atoms with Crippen LogP contribution in [0, 0.1) is 0 Å². The Morgan fingerprint density at radius 2 is 1.96 bits per heavy atom. The molecule has 0 bridgehead atoms. The van der Waals surface area contributed by atoms with Crippen molar-refractivity contribution in [3.8, 4) is 5.75 Å². The van der Waals surface area contributed by atoms with Crippen molar-refractivity contribution in [1.29, 1.82) is 0 Å². The molecule has 1 aromatic heterocycles. The van der Waals surface area contributed by atoms with Crippen LogP contribution in [0.2, 0.25) is 0 Å². The SMILES string of the molecule is COc1ccc([C@@H](CN2CCN(C)CC2)NC(=O)c2ccn[nH]2)cc1. The Morgan fingerprint density at radius 3 is 2.56 bits per heavy atom. The van der Waals surface area contributed by atoms with E-state index >= 15 is 0 Å². The van der Waals surface area contributed by atoms with E-state index in [1.165, 1.54) is 0 Å². The molecule has 1 aromatic carbocycles. The lowest BCUT2D eigenvalue weighted by Gasteiger charge is -2.35. The van der Waals surface area contributed by atoms with Gasteiger partial charge in [-0.2, -0.15) is 5.10 Å². The Kier molecular flexibility index (Phi) is 5.67. The van der Waals surface area contributed by atoms with Gasteiger partial charge in [0.2, 0.25) is 0 Å². The Balaban J connectivity index is 1.73. The van der Waals surface area contributed by atoms with Gasteiger partial charge in [0.05, 0.1) is 13.2 Å². The molecule has 7 heteroatoms. The lowest BCUT2D eigenvalue weighted by Crippen LogP contribution is -2.47. The average Bonchev–Trinajstić information content (AvgIpc) is 3.18. The highest BCUT2D eigenvalue weighted by Gasteiger charge is 2.22. The van der Waals surface area contributed by atoms with E-state index in [2.05, 4.69) is 32.4 Å². The third-order valence-electron chi connectivity index (χ3n) is 4.61. The first-order valence-corrected chi connectivity index (χ1v) is 8.51. The standard InChI is InChI=1S/C18H25N5O2/c1-22-9-11-23(12-10-22)13-17(14-3-5-15(25-2)6-4-14)20-18(24)16-7-8-19-21-16/h3-8,17H,9-13H2,1-2H3,(H,19,21)(H,20,24)/t17-/m1/s1. The zero-order valence-corrected chi connectivity index (χ0v) is 14.7. The van der Waals surface area contributed by atoms with Gasteiger partial charge in [-0.05, 0) is 30.8 Å². The first-order chi connectivity index (χ1) is 12.2. The number of benzene rings is 1. The topological polar surface area (TPSA) is 73.5 Å². The number of carbonyl (C=O) groups excluding carboxylic acids is 1. The molecule has 0 unspecified atom stereocenters. The van der Waals surface area contributed by atoms with Crippen LogP contribution >= 0.6 is 0 Å². The number of rotatable bonds is 6. The summed E-state index contributed by atoms with van der Waals surface area (Å²) in [6.45, 7) is 4.87. The second-order valence-electron chi connectivity index (χ2n) is 6.37. The van der Waals surface area contributed by atoms with E-state index in [-0.39, 0.29) is 11.9 Å². The minimum atomic E-state index is -0.146. The molecule has 0 aliphatic carbocycles. The van der Waals surface area contributed by atoms with Crippen LogP contribution in [-0.2, 0) is 0 Å². The fourth-order valence-electron chi connectivity index (χ4n) is 2.98. The van der Waals surface area contributed by atoms with Gasteiger partial charge in [0, 0.05) is 38.9 Å². The van der Waals surface area contributed by atoms with Crippen LogP contribution in [0.15, 0.2) is 36.5 Å². The van der Waals surface area contributed by atoms with Crippen LogP contribution in [0.4, 0.5) is 0 Å². The van der Waals surface area contributed by atoms with Crippen molar-refractivity contribution in [3.63, 3.8) is 0 Å². The molecule has 134 valence electrons. The predicted octanol–water partition coefficient (Wildman–Crippen LogP) is 1.14. The van der Waals surface area contributed by atoms with Gasteiger partial charge in [-0.1, -0.05) is 12.1 Å². The van der Waals surface area contributed by atoms with Gasteiger partial charge in [0.1, 0.15) is 11.4 Å². The molecule has 0 radical (unpaired) electrons. The number of carbonyl (C=O) groups is 1. The molecule has 1 aliphatic rings. The number of H-pyrrole nitrogens is 1. The summed E-state index contributed by atoms with van der Waals surface area (Å²) >= 11 is 0. The second kappa shape index (κ2) is 8.13. The molecule has 1 saturated heterocycles. The molecule has 0 spiro atoms. The summed E-state index contributed by atoms with van der Waals surface area (Å²) < 4.78 is 5.23. The Bertz CT molecular complexity index is 663. The number of hydrogen-bond donors (Lipinski definition) is 2. The van der Waals surface area contributed by atoms with Crippen molar-refractivity contribution in [1.82, 2.24) is 25.3 Å². The molecule has 0 saturated carbocycles. The summed E-state index contributed by atoms with van der Waals surface area (Å²) in [5.41, 5.74) is 1.53. The van der Waals surface area contributed by atoms with Gasteiger partial charge in [-0.15, -0.1) is 0 Å². The quantitative estimate of drug-likeness (QED) is 0.823. The van der Waals surface area contributed by atoms with E-state index in [1.54, 1.807) is 19.4 Å². The first-order valence-electron chi connectivity index (χ1n) is 8.51. The highest BCUT2D eigenvalue weighted by Crippen LogP contribution is 2.20. The number of likely N-dealkylation sites (N-methyl/N-ethyl adjacent to an activating group) is 1. The van der Waals surface area contributed by atoms with Crippen LogP contribution in [0.3, 0.4) is 0 Å². The van der Waals surface area contributed by atoms with Crippen molar-refractivity contribution in [2.45, 2.75) is 6.04 Å². The molecule has 2 aromatic rings. The maximum absolute atomic E-state index is 12.5. The average molecular weight is 343 g/mol. The molecule has 1 atom stereocenters. The van der Waals surface area contributed by atoms with E-state index in [0.717, 1.165) is 44.0 Å². The van der Waals surface area contributed by atoms with Gasteiger partial charge >= 0.3 is 0 Å². The number of nitrogens with one attached hydrogen (secondary N) is 2. The number of nitrogens with zero attached hydrogens (tertiary/aromatic N) is 3. The fourth-order valence-corrected chi connectivity index (χ4v) is 2.98. The van der Waals surface area contributed by atoms with Gasteiger partial charge in [-0.3, -0.25) is 14.8 Å². The highest BCUT2D eigenvalue weighted by molar-refractivity contribution is 5.92. The Hall–Kier alpha value is -2.38. The van der Waals surface area contributed by atoms with Gasteiger partial charge in [-0.25, -0.2) is 0 Å². The number of hydrogen-bond acceptors (Lipinski definition) is 5. The summed E-state index contributed by atoms with van der Waals surface area (Å²) in [6, 6.07) is 9.45. The summed E-state index contributed by atoms with van der Waals surface area (Å²) in [4.78, 5) is 17.2. The molecule has 1 amide bonds. The Morgan fingerprint density at radius 1 is 1.24 bits per heavy atom. The number of piperazine rings is 1. The zero-order valence-electron chi connectivity index (χ0n) is 14.7. The van der Waals surface area contributed by atoms with E-state index in [4.69, 9.17) is 4.74 Å². The van der Waals surface area contributed by atoms with Crippen molar-refractivity contribution in [3.05, 3.63) is 47.8 Å². The molecular weight excluding hydrogens is 318 g/mol. The minimum absolute atomic E-state index is 0.0925. The smallest absolute Gasteiger partial charge is 0.269 e. The zero-order chi connectivity index (χ0) is 17.6. The number of aromatic nitrogens is 2. The van der Waals surface area contributed by atoms with E-state index in [1.807, 2.05) is 24.3 Å². The maximum Gasteiger partial charge on any atom is 0.269 e. The van der Waals surface area contributed by atoms with Gasteiger partial charge in [0.25, 0.3) is 5.91 Å². The van der Waals surface area contributed by atoms with E-state index < -0.39 is 0 Å². The van der Waals surface area contributed by atoms with Crippen molar-refractivity contribution < 1.29 is 9.53 Å². The number of methoxy groups -OCH3 is 1. The molecule has 3 rings (SSSR count). The van der Waals surface area contributed by atoms with Crippen LogP contribution in [-0.4, -0.2) is 72.8 Å². The third kappa shape index (κ3) is 4.58. The van der Waals surface area contributed by atoms with Crippen molar-refractivity contribution in [2.24, 2.45) is 0 Å². The van der Waals surface area contributed by atoms with Gasteiger partial charge < -0.3 is 15.0 Å². The van der Waals surface area contributed by atoms with Crippen LogP contribution < -0.4 is 10.1 Å². The van der Waals surface area contributed by atoms with Crippen LogP contribution in [0.1, 0.15) is 22.1 Å². The molecule has 1 fully saturated rings. The van der Waals surface area contributed by atoms with Crippen molar-refractivity contribution >= 4 is 5.91 Å². The highest BCUT2D eigenvalue weighted by atomic mass is 16.5. The van der Waals surface area contributed by atoms with Gasteiger partial charge in [0.15, 0.2) is 0 Å². The molecule has 2 heterocycles. The third-order valence-corrected chi connectivity index (χ3v) is 4.61. The molecule has 1 aliphatic heterocycles. The number of ether oxygens (including phenoxy) is 1. The summed E-state index contributed by atoms with van der Waals surface area (Å²) in [5.74, 6) is 0.662. The predicted molar refractivity (Wildman–Crippen MR) is 95.7 cm³/mol. The number of amides is 1. The van der Waals surface area contributed by atoms with Crippen molar-refractivity contribution in [2.75, 3.05) is 46.9 Å². The van der Waals surface area contributed by atoms with E-state index in [9.17, 15) is 4.79 Å². The Labute approximate surface area is 148 Å². The lowest BCUT2D eigenvalue weighted by atomic mass is 10.1. The van der Waals surface area contributed by atoms with Crippen LogP contribution in [0.25, 0.3) is 0 Å². The van der Waals surface area contributed by atoms with Crippen LogP contribution in [0.5, 0.6) is 5.75 Å². The normalized spacial score (nSPS) is 17.2. The van der Waals surface area contributed by atoms with E-state index in [0.29, 0.717) is 5.69 Å². The largest absolute Gasteiger partial charge is 0.497 e. The lowest BCUT2D eigenvalue weighted by molar-refractivity contribution is 0.0902. The molecule has 2 N–H and O–H groups in total. The maximum atomic E-state index is 12.5. The summed E-state index contributed by atoms with van der Waals surface area (Å²) in [5, 5.41) is 9.70. The summed E-state index contributed by atoms with van der Waals surface area (Å²) in [7, 11) is 3.79. The minimum Gasteiger partial charge on any atom is -0.497 e. The second-order valence-corrected chi connectivity index (χ2v) is 6.37. The number of aromatic amines is 1. The summed E-state index contributed by atoms with van der Waals surface area (Å²) in [6.07, 6.45) is 1.58. The molecular formula is C18H25N5O2. The molecule has 25 heavy (non-hydrogen) atoms. The fraction of sp³-hybridized carbons (Fsp3) is 0.444. The monoisotopic (exact) mass is 343 g/mol. The molecule has 7 nitrogen and oxygen atoms in total. The first kappa shape index (κ1) is 17.4.